The molecule has 0 aliphatic heterocycles. The molecular formula is C5H12O4. The largest absolute Gasteiger partial charge is 0.394 e. The van der Waals surface area contributed by atoms with E-state index < -0.39 is 18.8 Å². The third-order valence-corrected chi connectivity index (χ3v) is 0.721. The Morgan fingerprint density at radius 2 is 1.89 bits per heavy atom. The van der Waals surface area contributed by atoms with E-state index in [1.165, 1.54) is 0 Å². The lowest BCUT2D eigenvalue weighted by molar-refractivity contribution is -0.121. The average molecular weight is 136 g/mol. The third kappa shape index (κ3) is 4.08. The maximum atomic E-state index is 9.58. The van der Waals surface area contributed by atoms with Crippen molar-refractivity contribution in [1.82, 2.24) is 0 Å². The Kier molecular flexibility index (Phi) is 7.17. The van der Waals surface area contributed by atoms with Crippen LogP contribution in [0.5, 0.6) is 0 Å². The lowest BCUT2D eigenvalue weighted by Crippen LogP contribution is -2.30. The van der Waals surface area contributed by atoms with E-state index in [2.05, 4.69) is 0 Å². The van der Waals surface area contributed by atoms with Gasteiger partial charge in [-0.3, -0.25) is 0 Å². The summed E-state index contributed by atoms with van der Waals surface area (Å²) in [4.78, 5) is 9.58. The van der Waals surface area contributed by atoms with E-state index >= 15 is 0 Å². The summed E-state index contributed by atoms with van der Waals surface area (Å²) < 4.78 is 0. The summed E-state index contributed by atoms with van der Waals surface area (Å²) in [5.74, 6) is 0. The first-order chi connectivity index (χ1) is 3.72. The Labute approximate surface area is 53.7 Å². The minimum atomic E-state index is -1.46. The molecule has 0 amide bonds. The monoisotopic (exact) mass is 136 g/mol. The van der Waals surface area contributed by atoms with Crippen LogP contribution < -0.4 is 0 Å². The first-order valence-electron chi connectivity index (χ1n) is 2.14. The Morgan fingerprint density at radius 3 is 2.00 bits per heavy atom. The van der Waals surface area contributed by atoms with Crippen LogP contribution in [-0.4, -0.2) is 40.4 Å². The van der Waals surface area contributed by atoms with E-state index in [4.69, 9.17) is 15.3 Å². The highest BCUT2D eigenvalue weighted by Gasteiger charge is 2.12. The van der Waals surface area contributed by atoms with Crippen LogP contribution in [0.3, 0.4) is 0 Å². The Bertz CT molecular complexity index is 73.4. The van der Waals surface area contributed by atoms with E-state index in [1.54, 1.807) is 0 Å². The second kappa shape index (κ2) is 5.68. The highest BCUT2D eigenvalue weighted by molar-refractivity contribution is 5.56. The van der Waals surface area contributed by atoms with Gasteiger partial charge in [0.1, 0.15) is 12.2 Å². The Hall–Kier alpha value is -0.450. The molecule has 0 rings (SSSR count). The predicted molar refractivity (Wildman–Crippen MR) is 31.9 cm³/mol. The smallest absolute Gasteiger partial charge is 0.151 e. The molecule has 0 fully saturated rings. The van der Waals surface area contributed by atoms with Crippen molar-refractivity contribution in [3.05, 3.63) is 0 Å². The molecule has 4 nitrogen and oxygen atoms in total. The number of hydrogen-bond acceptors (Lipinski definition) is 4. The molecule has 0 aromatic carbocycles. The molecule has 0 aromatic heterocycles. The summed E-state index contributed by atoms with van der Waals surface area (Å²) in [6.45, 7) is -0.597. The third-order valence-electron chi connectivity index (χ3n) is 0.721. The molecule has 0 aromatic rings. The van der Waals surface area contributed by atoms with Crippen molar-refractivity contribution in [2.75, 3.05) is 6.61 Å². The maximum absolute atomic E-state index is 9.58. The van der Waals surface area contributed by atoms with Crippen LogP contribution in [0.25, 0.3) is 0 Å². The van der Waals surface area contributed by atoms with Crippen molar-refractivity contribution in [2.45, 2.75) is 19.6 Å². The van der Waals surface area contributed by atoms with Gasteiger partial charge in [-0.1, -0.05) is 7.43 Å². The predicted octanol–water partition coefficient (Wildman–Crippen LogP) is -1.46. The van der Waals surface area contributed by atoms with Gasteiger partial charge in [0, 0.05) is 0 Å². The van der Waals surface area contributed by atoms with Crippen LogP contribution in [0.15, 0.2) is 0 Å². The summed E-state index contributed by atoms with van der Waals surface area (Å²) in [7, 11) is 0. The van der Waals surface area contributed by atoms with Gasteiger partial charge in [0.05, 0.1) is 6.61 Å². The molecule has 0 heterocycles. The molecule has 0 spiro atoms. The zero-order valence-electron chi connectivity index (χ0n) is 4.19. The van der Waals surface area contributed by atoms with Crippen LogP contribution in [0.1, 0.15) is 7.43 Å². The fourth-order valence-corrected chi connectivity index (χ4v) is 0.199. The van der Waals surface area contributed by atoms with E-state index in [0.29, 0.717) is 0 Å². The van der Waals surface area contributed by atoms with Crippen LogP contribution in [0.2, 0.25) is 0 Å². The maximum Gasteiger partial charge on any atom is 0.151 e. The first kappa shape index (κ1) is 11.4. The number of carbonyl (C=O) groups is 1. The zero-order chi connectivity index (χ0) is 6.57. The van der Waals surface area contributed by atoms with E-state index in [1.807, 2.05) is 0 Å². The van der Waals surface area contributed by atoms with Crippen molar-refractivity contribution in [1.29, 1.82) is 0 Å². The lowest BCUT2D eigenvalue weighted by atomic mass is 10.2. The minimum absolute atomic E-state index is 0. The van der Waals surface area contributed by atoms with Gasteiger partial charge >= 0.3 is 0 Å². The van der Waals surface area contributed by atoms with Crippen LogP contribution in [0.4, 0.5) is 0 Å². The van der Waals surface area contributed by atoms with E-state index in [0.717, 1.165) is 0 Å². The van der Waals surface area contributed by atoms with Gasteiger partial charge < -0.3 is 20.1 Å². The SMILES string of the molecule is C.O=C[C@@H](O)[C@H](O)CO. The van der Waals surface area contributed by atoms with Gasteiger partial charge in [-0.05, 0) is 0 Å². The molecule has 0 aliphatic rings. The fraction of sp³-hybridized carbons (Fsp3) is 0.800. The second-order valence-electron chi connectivity index (χ2n) is 1.38. The summed E-state index contributed by atoms with van der Waals surface area (Å²) in [6.07, 6.45) is -2.63. The average Bonchev–Trinajstić information content (AvgIpc) is 1.84. The van der Waals surface area contributed by atoms with Crippen LogP contribution in [-0.2, 0) is 4.79 Å². The summed E-state index contributed by atoms with van der Waals surface area (Å²) in [5.41, 5.74) is 0. The molecule has 0 saturated carbocycles. The standard InChI is InChI=1S/C4H8O4.CH4/c5-1-3(7)4(8)2-6;/h1,3-4,6-8H,2H2;1H4/t3-,4-;/m1./s1. The van der Waals surface area contributed by atoms with Crippen molar-refractivity contribution < 1.29 is 20.1 Å². The highest BCUT2D eigenvalue weighted by atomic mass is 16.4. The minimum Gasteiger partial charge on any atom is -0.394 e. The number of rotatable bonds is 3. The van der Waals surface area contributed by atoms with E-state index in [-0.39, 0.29) is 13.7 Å². The summed E-state index contributed by atoms with van der Waals surface area (Å²) in [6, 6.07) is 0. The topological polar surface area (TPSA) is 77.8 Å². The van der Waals surface area contributed by atoms with Crippen LogP contribution >= 0.6 is 0 Å². The second-order valence-corrected chi connectivity index (χ2v) is 1.38. The first-order valence-corrected chi connectivity index (χ1v) is 2.14. The van der Waals surface area contributed by atoms with Gasteiger partial charge in [0.2, 0.25) is 0 Å². The molecule has 0 saturated heterocycles. The van der Waals surface area contributed by atoms with E-state index in [9.17, 15) is 4.79 Å². The van der Waals surface area contributed by atoms with Gasteiger partial charge in [-0.2, -0.15) is 0 Å². The quantitative estimate of drug-likeness (QED) is 0.414. The molecule has 0 radical (unpaired) electrons. The van der Waals surface area contributed by atoms with Crippen molar-refractivity contribution in [3.8, 4) is 0 Å². The molecule has 4 heteroatoms. The molecule has 0 bridgehead atoms. The molecule has 2 atom stereocenters. The van der Waals surface area contributed by atoms with Gasteiger partial charge in [0.15, 0.2) is 6.29 Å². The zero-order valence-corrected chi connectivity index (χ0v) is 4.19. The molecule has 0 aliphatic carbocycles. The van der Waals surface area contributed by atoms with Crippen molar-refractivity contribution >= 4 is 6.29 Å². The molecule has 56 valence electrons. The number of aldehydes is 1. The van der Waals surface area contributed by atoms with Crippen molar-refractivity contribution in [2.24, 2.45) is 0 Å². The number of carbonyl (C=O) groups excluding carboxylic acids is 1. The van der Waals surface area contributed by atoms with Gasteiger partial charge in [0.25, 0.3) is 0 Å². The molecule has 3 N–H and O–H groups in total. The van der Waals surface area contributed by atoms with Gasteiger partial charge in [-0.15, -0.1) is 0 Å². The van der Waals surface area contributed by atoms with Crippen LogP contribution in [0, 0.1) is 0 Å². The Morgan fingerprint density at radius 1 is 1.44 bits per heavy atom. The van der Waals surface area contributed by atoms with Gasteiger partial charge in [-0.25, -0.2) is 0 Å². The number of hydrogen-bond donors (Lipinski definition) is 3. The lowest BCUT2D eigenvalue weighted by Gasteiger charge is -2.06. The number of aliphatic hydroxyl groups is 3. The highest BCUT2D eigenvalue weighted by Crippen LogP contribution is 1.85. The number of aliphatic hydroxyl groups excluding tert-OH is 3. The molecule has 0 unspecified atom stereocenters. The van der Waals surface area contributed by atoms with Crippen molar-refractivity contribution in [3.63, 3.8) is 0 Å². The Balaban J connectivity index is 0. The molecule has 9 heavy (non-hydrogen) atoms. The summed E-state index contributed by atoms with van der Waals surface area (Å²) in [5, 5.41) is 24.8. The normalized spacial score (nSPS) is 15.4. The molecular weight excluding hydrogens is 124 g/mol. The fourth-order valence-electron chi connectivity index (χ4n) is 0.199. The summed E-state index contributed by atoms with van der Waals surface area (Å²) >= 11 is 0.